The number of nitrogens with one attached hydrogen (secondary N) is 1. The van der Waals surface area contributed by atoms with Gasteiger partial charge in [0.05, 0.1) is 18.3 Å². The molecule has 3 heterocycles. The van der Waals surface area contributed by atoms with E-state index < -0.39 is 0 Å². The standard InChI is InChI=1S/C18H25N7O/c1-13-21-14(11-16(22-13)23-18-19-8-6-9-20-18)15-7-4-5-10-25(15)12-17(26)24(2)3/h6,8-9,11,15H,4-5,7,10,12H2,1-3H3,(H,19,20,21,22,23)/t15-/m0/s1. The molecule has 0 bridgehead atoms. The number of rotatable bonds is 5. The predicted octanol–water partition coefficient (Wildman–Crippen LogP) is 1.93. The van der Waals surface area contributed by atoms with E-state index in [0.717, 1.165) is 31.5 Å². The first-order valence-corrected chi connectivity index (χ1v) is 8.87. The van der Waals surface area contributed by atoms with Crippen LogP contribution in [0, 0.1) is 6.92 Å². The summed E-state index contributed by atoms with van der Waals surface area (Å²) < 4.78 is 0. The zero-order valence-electron chi connectivity index (χ0n) is 15.5. The van der Waals surface area contributed by atoms with E-state index in [1.54, 1.807) is 37.5 Å². The van der Waals surface area contributed by atoms with Crippen LogP contribution in [-0.2, 0) is 4.79 Å². The van der Waals surface area contributed by atoms with Gasteiger partial charge in [0.25, 0.3) is 0 Å². The highest BCUT2D eigenvalue weighted by molar-refractivity contribution is 5.77. The van der Waals surface area contributed by atoms with E-state index in [4.69, 9.17) is 0 Å². The van der Waals surface area contributed by atoms with Gasteiger partial charge in [0.15, 0.2) is 0 Å². The van der Waals surface area contributed by atoms with Crippen LogP contribution in [0.3, 0.4) is 0 Å². The summed E-state index contributed by atoms with van der Waals surface area (Å²) in [5.74, 6) is 1.96. The van der Waals surface area contributed by atoms with Gasteiger partial charge in [-0.3, -0.25) is 9.69 Å². The van der Waals surface area contributed by atoms with Gasteiger partial charge >= 0.3 is 0 Å². The second kappa shape index (κ2) is 8.18. The Balaban J connectivity index is 1.83. The molecule has 0 unspecified atom stereocenters. The highest BCUT2D eigenvalue weighted by Gasteiger charge is 2.27. The van der Waals surface area contributed by atoms with Crippen molar-refractivity contribution in [3.8, 4) is 0 Å². The maximum absolute atomic E-state index is 12.2. The van der Waals surface area contributed by atoms with Crippen molar-refractivity contribution in [3.05, 3.63) is 36.0 Å². The average Bonchev–Trinajstić information content (AvgIpc) is 2.62. The molecule has 8 nitrogen and oxygen atoms in total. The van der Waals surface area contributed by atoms with Gasteiger partial charge in [0, 0.05) is 32.6 Å². The quantitative estimate of drug-likeness (QED) is 0.877. The number of aromatic nitrogens is 4. The largest absolute Gasteiger partial charge is 0.348 e. The van der Waals surface area contributed by atoms with Crippen LogP contribution in [0.5, 0.6) is 0 Å². The molecule has 0 aromatic carbocycles. The summed E-state index contributed by atoms with van der Waals surface area (Å²) in [6.45, 7) is 3.18. The molecule has 2 aromatic heterocycles. The number of hydrogen-bond acceptors (Lipinski definition) is 7. The maximum Gasteiger partial charge on any atom is 0.236 e. The Kier molecular flexibility index (Phi) is 5.72. The van der Waals surface area contributed by atoms with Crippen molar-refractivity contribution in [2.24, 2.45) is 0 Å². The molecular weight excluding hydrogens is 330 g/mol. The highest BCUT2D eigenvalue weighted by Crippen LogP contribution is 2.30. The molecule has 1 N–H and O–H groups in total. The van der Waals surface area contributed by atoms with Crippen molar-refractivity contribution in [2.45, 2.75) is 32.2 Å². The van der Waals surface area contributed by atoms with Crippen LogP contribution in [0.15, 0.2) is 24.5 Å². The van der Waals surface area contributed by atoms with Crippen LogP contribution in [0.1, 0.15) is 36.8 Å². The Morgan fingerprint density at radius 3 is 2.77 bits per heavy atom. The molecule has 3 rings (SSSR count). The summed E-state index contributed by atoms with van der Waals surface area (Å²) in [7, 11) is 3.58. The second-order valence-corrected chi connectivity index (χ2v) is 6.69. The first kappa shape index (κ1) is 18.2. The molecule has 138 valence electrons. The van der Waals surface area contributed by atoms with Crippen molar-refractivity contribution >= 4 is 17.7 Å². The number of piperidine rings is 1. The van der Waals surface area contributed by atoms with Gasteiger partial charge in [-0.25, -0.2) is 19.9 Å². The fraction of sp³-hybridized carbons (Fsp3) is 0.500. The lowest BCUT2D eigenvalue weighted by atomic mass is 9.99. The van der Waals surface area contributed by atoms with Crippen molar-refractivity contribution in [3.63, 3.8) is 0 Å². The minimum absolute atomic E-state index is 0.110. The summed E-state index contributed by atoms with van der Waals surface area (Å²) in [6.07, 6.45) is 6.58. The summed E-state index contributed by atoms with van der Waals surface area (Å²) in [5.41, 5.74) is 0.933. The number of likely N-dealkylation sites (tertiary alicyclic amines) is 1. The molecule has 1 atom stereocenters. The minimum Gasteiger partial charge on any atom is -0.348 e. The fourth-order valence-corrected chi connectivity index (χ4v) is 3.13. The average molecular weight is 355 g/mol. The zero-order chi connectivity index (χ0) is 18.5. The van der Waals surface area contributed by atoms with Crippen LogP contribution in [-0.4, -0.2) is 62.8 Å². The molecule has 1 saturated heterocycles. The van der Waals surface area contributed by atoms with Crippen LogP contribution < -0.4 is 5.32 Å². The molecule has 0 spiro atoms. The summed E-state index contributed by atoms with van der Waals surface area (Å²) in [5, 5.41) is 3.13. The number of hydrogen-bond donors (Lipinski definition) is 1. The minimum atomic E-state index is 0.110. The molecule has 0 radical (unpaired) electrons. The topological polar surface area (TPSA) is 87.1 Å². The van der Waals surface area contributed by atoms with E-state index in [9.17, 15) is 4.79 Å². The number of amides is 1. The fourth-order valence-electron chi connectivity index (χ4n) is 3.13. The van der Waals surface area contributed by atoms with Gasteiger partial charge in [-0.1, -0.05) is 6.42 Å². The Labute approximate surface area is 153 Å². The monoisotopic (exact) mass is 355 g/mol. The SMILES string of the molecule is Cc1nc(Nc2ncccn2)cc([C@@H]2CCCCN2CC(=O)N(C)C)n1. The van der Waals surface area contributed by atoms with Gasteiger partial charge < -0.3 is 10.2 Å². The lowest BCUT2D eigenvalue weighted by Gasteiger charge is -2.35. The van der Waals surface area contributed by atoms with E-state index in [2.05, 4.69) is 30.2 Å². The third-order valence-electron chi connectivity index (χ3n) is 4.46. The lowest BCUT2D eigenvalue weighted by molar-refractivity contribution is -0.130. The van der Waals surface area contributed by atoms with Crippen molar-refractivity contribution in [1.82, 2.24) is 29.7 Å². The Hall–Kier alpha value is -2.61. The Morgan fingerprint density at radius 1 is 1.27 bits per heavy atom. The molecule has 1 aliphatic rings. The molecular formula is C18H25N7O. The Morgan fingerprint density at radius 2 is 2.04 bits per heavy atom. The number of anilines is 2. The van der Waals surface area contributed by atoms with Crippen molar-refractivity contribution in [1.29, 1.82) is 0 Å². The number of carbonyl (C=O) groups is 1. The first-order chi connectivity index (χ1) is 12.5. The molecule has 0 aliphatic carbocycles. The molecule has 8 heteroatoms. The molecule has 0 saturated carbocycles. The molecule has 1 aliphatic heterocycles. The van der Waals surface area contributed by atoms with E-state index in [1.807, 2.05) is 13.0 Å². The third kappa shape index (κ3) is 4.51. The first-order valence-electron chi connectivity index (χ1n) is 8.87. The van der Waals surface area contributed by atoms with Crippen molar-refractivity contribution < 1.29 is 4.79 Å². The smallest absolute Gasteiger partial charge is 0.236 e. The number of aryl methyl sites for hydroxylation is 1. The van der Waals surface area contributed by atoms with Gasteiger partial charge in [-0.2, -0.15) is 0 Å². The van der Waals surface area contributed by atoms with Crippen molar-refractivity contribution in [2.75, 3.05) is 32.5 Å². The van der Waals surface area contributed by atoms with Gasteiger partial charge in [-0.15, -0.1) is 0 Å². The second-order valence-electron chi connectivity index (χ2n) is 6.69. The summed E-state index contributed by atoms with van der Waals surface area (Å²) >= 11 is 0. The normalized spacial score (nSPS) is 17.7. The van der Waals surface area contributed by atoms with Crippen LogP contribution >= 0.6 is 0 Å². The van der Waals surface area contributed by atoms with Gasteiger partial charge in [0.1, 0.15) is 11.6 Å². The summed E-state index contributed by atoms with van der Waals surface area (Å²) in [4.78, 5) is 33.5. The maximum atomic E-state index is 12.2. The highest BCUT2D eigenvalue weighted by atomic mass is 16.2. The van der Waals surface area contributed by atoms with Crippen LogP contribution in [0.2, 0.25) is 0 Å². The number of carbonyl (C=O) groups excluding carboxylic acids is 1. The van der Waals surface area contributed by atoms with Crippen LogP contribution in [0.25, 0.3) is 0 Å². The van der Waals surface area contributed by atoms with Gasteiger partial charge in [0.2, 0.25) is 11.9 Å². The Bertz CT molecular complexity index is 750. The zero-order valence-corrected chi connectivity index (χ0v) is 15.5. The predicted molar refractivity (Wildman–Crippen MR) is 98.9 cm³/mol. The van der Waals surface area contributed by atoms with E-state index >= 15 is 0 Å². The molecule has 2 aromatic rings. The van der Waals surface area contributed by atoms with Gasteiger partial charge in [-0.05, 0) is 32.4 Å². The van der Waals surface area contributed by atoms with Crippen LogP contribution in [0.4, 0.5) is 11.8 Å². The molecule has 26 heavy (non-hydrogen) atoms. The van der Waals surface area contributed by atoms with E-state index in [-0.39, 0.29) is 11.9 Å². The number of likely N-dealkylation sites (N-methyl/N-ethyl adjacent to an activating group) is 1. The number of nitrogens with zero attached hydrogens (tertiary/aromatic N) is 6. The lowest BCUT2D eigenvalue weighted by Crippen LogP contribution is -2.41. The van der Waals surface area contributed by atoms with E-state index in [0.29, 0.717) is 24.1 Å². The molecule has 1 fully saturated rings. The molecule has 1 amide bonds. The van der Waals surface area contributed by atoms with E-state index in [1.165, 1.54) is 0 Å². The summed E-state index contributed by atoms with van der Waals surface area (Å²) in [6, 6.07) is 3.82. The third-order valence-corrected chi connectivity index (χ3v) is 4.46.